The van der Waals surface area contributed by atoms with E-state index >= 15 is 0 Å². The van der Waals surface area contributed by atoms with Gasteiger partial charge in [0.05, 0.1) is 21.2 Å². The molecule has 0 bridgehead atoms. The van der Waals surface area contributed by atoms with Crippen molar-refractivity contribution in [2.45, 2.75) is 9.79 Å². The van der Waals surface area contributed by atoms with Gasteiger partial charge in [0.1, 0.15) is 0 Å². The molecule has 0 unspecified atom stereocenters. The maximum absolute atomic E-state index is 10.6. The molecule has 0 aliphatic carbocycles. The molecule has 4 nitrogen and oxygen atoms in total. The van der Waals surface area contributed by atoms with E-state index in [0.29, 0.717) is 20.9 Å². The molecule has 308 valence electrons. The number of hydrogen-bond donors (Lipinski definition) is 2. The van der Waals surface area contributed by atoms with Crippen LogP contribution >= 0.6 is 15.8 Å². The van der Waals surface area contributed by atoms with Crippen LogP contribution in [0.3, 0.4) is 0 Å². The van der Waals surface area contributed by atoms with Gasteiger partial charge in [-0.3, -0.25) is 9.59 Å². The van der Waals surface area contributed by atoms with Gasteiger partial charge < -0.3 is 36.7 Å². The van der Waals surface area contributed by atoms with E-state index < -0.39 is 27.7 Å². The predicted octanol–water partition coefficient (Wildman–Crippen LogP) is 7.17. The minimum absolute atomic E-state index is 0. The Morgan fingerprint density at radius 1 is 0.373 bits per heavy atom. The Bertz CT molecular complexity index is 2110. The molecule has 0 atom stereocenters. The van der Waals surface area contributed by atoms with E-state index in [1.807, 2.05) is 0 Å². The first-order valence-corrected chi connectivity index (χ1v) is 21.7. The third-order valence-corrected chi connectivity index (χ3v) is 14.6. The van der Waals surface area contributed by atoms with Crippen LogP contribution in [-0.4, -0.2) is 11.8 Å². The quantitative estimate of drug-likeness (QED) is 0.0733. The Morgan fingerprint density at radius 3 is 0.797 bits per heavy atom. The van der Waals surface area contributed by atoms with Crippen LogP contribution in [-0.2, 0) is 87.1 Å². The number of benzene rings is 6. The van der Waals surface area contributed by atoms with Crippen LogP contribution in [0.25, 0.3) is 0 Å². The molecule has 8 rings (SSSR count). The molecule has 8 aromatic carbocycles. The number of carbonyl (C=O) groups excluding carboxylic acids is 2. The van der Waals surface area contributed by atoms with Gasteiger partial charge in [0.2, 0.25) is 11.8 Å². The van der Waals surface area contributed by atoms with Crippen molar-refractivity contribution in [2.75, 3.05) is 0 Å². The Balaban J connectivity index is 0.000000277. The Labute approximate surface area is 403 Å². The molecule has 8 aromatic rings. The van der Waals surface area contributed by atoms with Crippen molar-refractivity contribution in [2.24, 2.45) is 11.5 Å². The topological polar surface area (TPSA) is 86.2 Å². The first-order valence-electron chi connectivity index (χ1n) is 17.8. The molecule has 11 heteroatoms. The van der Waals surface area contributed by atoms with Crippen LogP contribution in [0.5, 0.6) is 0 Å². The van der Waals surface area contributed by atoms with Gasteiger partial charge in [0.25, 0.3) is 0 Å². The van der Waals surface area contributed by atoms with Gasteiger partial charge in [-0.05, 0) is 59.1 Å². The summed E-state index contributed by atoms with van der Waals surface area (Å²) >= 11 is 9.65. The molecular formula is C48H42Au2FeN2O2P2S2. The van der Waals surface area contributed by atoms with E-state index in [9.17, 15) is 9.59 Å². The summed E-state index contributed by atoms with van der Waals surface area (Å²) in [4.78, 5) is 22.2. The number of nitrogens with two attached hydrogens (primary N) is 2. The van der Waals surface area contributed by atoms with E-state index in [4.69, 9.17) is 36.7 Å². The Hall–Kier alpha value is -3.74. The van der Waals surface area contributed by atoms with Gasteiger partial charge >= 0.3 is 44.8 Å². The van der Waals surface area contributed by atoms with Gasteiger partial charge in [-0.15, -0.1) is 24.3 Å². The van der Waals surface area contributed by atoms with E-state index in [1.165, 1.54) is 31.8 Å². The summed E-state index contributed by atoms with van der Waals surface area (Å²) in [7, 11) is -1.67. The molecule has 0 aliphatic rings. The molecule has 0 spiro atoms. The van der Waals surface area contributed by atoms with E-state index in [1.54, 1.807) is 48.5 Å². The normalized spacial score (nSPS) is 9.66. The summed E-state index contributed by atoms with van der Waals surface area (Å²) in [6.07, 6.45) is 0. The fourth-order valence-corrected chi connectivity index (χ4v) is 11.5. The molecule has 0 fully saturated rings. The van der Waals surface area contributed by atoms with Crippen LogP contribution < -0.4 is 43.3 Å². The standard InChI is InChI=1S/2C17H15P.2C7H7NOS.2Au.Fe/c2*1-3-9-15(10-4-1)18(17-13-7-8-14-17)16-11-5-2-6-12-16;2*8-7(9)5-3-1-2-4-6(5)10;;;/h2*1-14,18H;2*1-4,10H,(H2,8,9);;;/q;;;;2*+1;/p-2. The smallest absolute Gasteiger partial charge is 0.779 e. The van der Waals surface area contributed by atoms with Crippen molar-refractivity contribution in [3.8, 4) is 0 Å². The summed E-state index contributed by atoms with van der Waals surface area (Å²) in [6, 6.07) is 74.4. The molecule has 4 N–H and O–H groups in total. The number of primary amides is 2. The van der Waals surface area contributed by atoms with Gasteiger partial charge in [0.15, 0.2) is 0 Å². The van der Waals surface area contributed by atoms with Crippen LogP contribution in [0.4, 0.5) is 0 Å². The number of hydrogen-bond acceptors (Lipinski definition) is 4. The van der Waals surface area contributed by atoms with E-state index in [0.717, 1.165) is 0 Å². The van der Waals surface area contributed by atoms with E-state index in [2.05, 4.69) is 170 Å². The fourth-order valence-electron chi connectivity index (χ4n) is 5.84. The molecule has 0 heterocycles. The summed E-state index contributed by atoms with van der Waals surface area (Å²) in [6.45, 7) is 0. The minimum atomic E-state index is -0.834. The summed E-state index contributed by atoms with van der Waals surface area (Å²) in [5.74, 6) is -0.934. The van der Waals surface area contributed by atoms with E-state index in [-0.39, 0.29) is 61.8 Å². The van der Waals surface area contributed by atoms with Gasteiger partial charge in [-0.1, -0.05) is 121 Å². The van der Waals surface area contributed by atoms with Gasteiger partial charge in [-0.25, -0.2) is 24.3 Å². The number of amides is 2. The Kier molecular flexibility index (Phi) is 24.3. The first-order chi connectivity index (χ1) is 27.3. The first kappa shape index (κ1) is 51.4. The summed E-state index contributed by atoms with van der Waals surface area (Å²) in [5.41, 5.74) is 10.8. The largest absolute Gasteiger partial charge is 1.00 e. The molecule has 2 amide bonds. The molecule has 0 radical (unpaired) electrons. The van der Waals surface area contributed by atoms with Gasteiger partial charge in [-0.2, -0.15) is 9.79 Å². The van der Waals surface area contributed by atoms with Crippen molar-refractivity contribution in [1.82, 2.24) is 0 Å². The SMILES string of the molecule is NC(=O)c1ccccc1[S-].NC(=O)c1ccccc1[S-].[Au+].[Au+].[Fe].c1ccc([PH+](c2ccccc2)[c-]2cccc2)cc1.c1ccc([PH+](c2ccccc2)[c-]2cccc2)cc1. The van der Waals surface area contributed by atoms with Crippen molar-refractivity contribution in [3.63, 3.8) is 0 Å². The Morgan fingerprint density at radius 2 is 0.593 bits per heavy atom. The van der Waals surface area contributed by atoms with Crippen LogP contribution in [0.15, 0.2) is 228 Å². The average molecular weight is 1250 g/mol. The van der Waals surface area contributed by atoms with Crippen molar-refractivity contribution >= 4 is 84.7 Å². The zero-order valence-electron chi connectivity index (χ0n) is 31.5. The fraction of sp³-hybridized carbons (Fsp3) is 0. The number of rotatable bonds is 8. The number of carbonyl (C=O) groups is 2. The molecule has 59 heavy (non-hydrogen) atoms. The third-order valence-electron chi connectivity index (χ3n) is 8.46. The van der Waals surface area contributed by atoms with Gasteiger partial charge in [0, 0.05) is 44.0 Å². The zero-order valence-corrected chi connectivity index (χ0v) is 40.6. The van der Waals surface area contributed by atoms with Crippen molar-refractivity contribution < 1.29 is 71.4 Å². The van der Waals surface area contributed by atoms with Crippen LogP contribution in [0.2, 0.25) is 0 Å². The molecule has 0 saturated heterocycles. The second-order valence-electron chi connectivity index (χ2n) is 12.3. The van der Waals surface area contributed by atoms with Crippen LogP contribution in [0.1, 0.15) is 20.7 Å². The second-order valence-corrected chi connectivity index (χ2v) is 18.1. The minimum Gasteiger partial charge on any atom is -0.779 e. The van der Waals surface area contributed by atoms with Crippen LogP contribution in [0, 0.1) is 0 Å². The van der Waals surface area contributed by atoms with Crippen molar-refractivity contribution in [3.05, 3.63) is 230 Å². The molecular weight excluding hydrogens is 1210 g/mol. The predicted molar refractivity (Wildman–Crippen MR) is 245 cm³/mol. The molecule has 0 aliphatic heterocycles. The average Bonchev–Trinajstić information content (AvgIpc) is 3.97. The zero-order chi connectivity index (χ0) is 39.5. The summed E-state index contributed by atoms with van der Waals surface area (Å²) < 4.78 is 0. The maximum Gasteiger partial charge on any atom is 1.00 e. The molecule has 0 aromatic heterocycles. The van der Waals surface area contributed by atoms with Crippen molar-refractivity contribution in [1.29, 1.82) is 0 Å². The third kappa shape index (κ3) is 16.0. The monoisotopic (exact) mass is 1250 g/mol. The molecule has 0 saturated carbocycles. The summed E-state index contributed by atoms with van der Waals surface area (Å²) in [5, 5.41) is 8.69. The maximum atomic E-state index is 10.6. The second kappa shape index (κ2) is 27.9.